The Balaban J connectivity index is 1.89. The Labute approximate surface area is 178 Å². The molecule has 2 aromatic carbocycles. The first-order chi connectivity index (χ1) is 13.9. The highest BCUT2D eigenvalue weighted by Gasteiger charge is 2.12. The molecule has 0 saturated heterocycles. The molecule has 0 radical (unpaired) electrons. The zero-order valence-electron chi connectivity index (χ0n) is 16.4. The van der Waals surface area contributed by atoms with E-state index in [9.17, 15) is 14.4 Å². The summed E-state index contributed by atoms with van der Waals surface area (Å²) in [6.45, 7) is 4.41. The van der Waals surface area contributed by atoms with Crippen LogP contribution in [0.15, 0.2) is 46.9 Å². The topological polar surface area (TPSA) is 96.5 Å². The molecule has 3 N–H and O–H groups in total. The van der Waals surface area contributed by atoms with Gasteiger partial charge in [0.05, 0.1) is 11.1 Å². The third-order valence-electron chi connectivity index (χ3n) is 3.97. The van der Waals surface area contributed by atoms with Crippen LogP contribution in [0.2, 0.25) is 0 Å². The van der Waals surface area contributed by atoms with Crippen molar-refractivity contribution in [1.82, 2.24) is 10.9 Å². The van der Waals surface area contributed by atoms with E-state index in [1.165, 1.54) is 0 Å². The summed E-state index contributed by atoms with van der Waals surface area (Å²) in [5.74, 6) is -0.345. The summed E-state index contributed by atoms with van der Waals surface area (Å²) in [5.41, 5.74) is 6.08. The van der Waals surface area contributed by atoms with Gasteiger partial charge in [0, 0.05) is 23.2 Å². The maximum atomic E-state index is 12.2. The smallest absolute Gasteiger partial charge is 0.269 e. The fraction of sp³-hybridized carbons (Fsp3) is 0.286. The number of amides is 3. The van der Waals surface area contributed by atoms with Crippen molar-refractivity contribution in [3.8, 4) is 5.75 Å². The number of hydrogen-bond donors (Lipinski definition) is 3. The van der Waals surface area contributed by atoms with E-state index in [0.717, 1.165) is 12.8 Å². The molecule has 0 aliphatic heterocycles. The third-order valence-corrected chi connectivity index (χ3v) is 4.59. The van der Waals surface area contributed by atoms with Gasteiger partial charge in [0.1, 0.15) is 5.75 Å². The molecule has 7 nitrogen and oxygen atoms in total. The molecule has 2 aromatic rings. The number of benzene rings is 2. The molecule has 0 fully saturated rings. The van der Waals surface area contributed by atoms with E-state index >= 15 is 0 Å². The molecular weight excluding hydrogens is 438 g/mol. The van der Waals surface area contributed by atoms with Crippen LogP contribution >= 0.6 is 15.9 Å². The molecule has 0 aliphatic rings. The van der Waals surface area contributed by atoms with Gasteiger partial charge in [0.2, 0.25) is 5.91 Å². The van der Waals surface area contributed by atoms with Crippen LogP contribution < -0.4 is 20.9 Å². The van der Waals surface area contributed by atoms with Crippen molar-refractivity contribution in [2.24, 2.45) is 0 Å². The van der Waals surface area contributed by atoms with E-state index in [0.29, 0.717) is 40.1 Å². The summed E-state index contributed by atoms with van der Waals surface area (Å²) < 4.78 is 6.05. The van der Waals surface area contributed by atoms with Crippen molar-refractivity contribution in [3.63, 3.8) is 0 Å². The molecule has 29 heavy (non-hydrogen) atoms. The Morgan fingerprint density at radius 2 is 1.55 bits per heavy atom. The molecule has 3 amide bonds. The van der Waals surface area contributed by atoms with E-state index in [1.807, 2.05) is 13.8 Å². The molecule has 8 heteroatoms. The first-order valence-corrected chi connectivity index (χ1v) is 10.2. The van der Waals surface area contributed by atoms with Crippen molar-refractivity contribution >= 4 is 39.3 Å². The number of anilines is 1. The predicted molar refractivity (Wildman–Crippen MR) is 115 cm³/mol. The molecule has 0 heterocycles. The van der Waals surface area contributed by atoms with E-state index in [-0.39, 0.29) is 5.91 Å². The summed E-state index contributed by atoms with van der Waals surface area (Å²) in [4.78, 5) is 36.2. The van der Waals surface area contributed by atoms with E-state index in [2.05, 4.69) is 32.1 Å². The second-order valence-corrected chi connectivity index (χ2v) is 7.07. The highest BCUT2D eigenvalue weighted by Crippen LogP contribution is 2.25. The molecular formula is C21H24BrN3O4. The van der Waals surface area contributed by atoms with Gasteiger partial charge in [-0.3, -0.25) is 25.2 Å². The average Bonchev–Trinajstić information content (AvgIpc) is 2.72. The first kappa shape index (κ1) is 22.4. The van der Waals surface area contributed by atoms with Gasteiger partial charge in [0.15, 0.2) is 0 Å². The van der Waals surface area contributed by atoms with E-state index in [1.54, 1.807) is 42.5 Å². The number of carbonyl (C=O) groups is 3. The van der Waals surface area contributed by atoms with Crippen molar-refractivity contribution in [2.45, 2.75) is 33.1 Å². The molecule has 0 spiro atoms. The summed E-state index contributed by atoms with van der Waals surface area (Å²) in [5, 5.41) is 2.78. The number of ether oxygens (including phenoxy) is 1. The summed E-state index contributed by atoms with van der Waals surface area (Å²) in [7, 11) is 0. The number of halogens is 1. The van der Waals surface area contributed by atoms with Gasteiger partial charge in [-0.1, -0.05) is 13.3 Å². The molecule has 0 aliphatic carbocycles. The predicted octanol–water partition coefficient (Wildman–Crippen LogP) is 4.05. The Hall–Kier alpha value is -2.87. The SMILES string of the molecule is CCCCC(=O)Nc1ccc(C(=O)NNC(=O)c2ccc(OCC)c(Br)c2)cc1. The van der Waals surface area contributed by atoms with Gasteiger partial charge in [-0.25, -0.2) is 0 Å². The number of hydrazine groups is 1. The lowest BCUT2D eigenvalue weighted by molar-refractivity contribution is -0.116. The van der Waals surface area contributed by atoms with Crippen LogP contribution in [0.5, 0.6) is 5.75 Å². The fourth-order valence-electron chi connectivity index (χ4n) is 2.44. The lowest BCUT2D eigenvalue weighted by Gasteiger charge is -2.10. The molecule has 154 valence electrons. The minimum Gasteiger partial charge on any atom is -0.493 e. The highest BCUT2D eigenvalue weighted by molar-refractivity contribution is 9.10. The highest BCUT2D eigenvalue weighted by atomic mass is 79.9. The average molecular weight is 462 g/mol. The van der Waals surface area contributed by atoms with Crippen molar-refractivity contribution in [1.29, 1.82) is 0 Å². The number of unbranched alkanes of at least 4 members (excludes halogenated alkanes) is 1. The third kappa shape index (κ3) is 6.90. The summed E-state index contributed by atoms with van der Waals surface area (Å²) in [6.07, 6.45) is 2.25. The second kappa shape index (κ2) is 11.2. The maximum absolute atomic E-state index is 12.2. The van der Waals surface area contributed by atoms with Crippen LogP contribution in [-0.2, 0) is 4.79 Å². The van der Waals surface area contributed by atoms with Crippen LogP contribution in [-0.4, -0.2) is 24.3 Å². The number of hydrogen-bond acceptors (Lipinski definition) is 4. The Kier molecular flexibility index (Phi) is 8.67. The monoisotopic (exact) mass is 461 g/mol. The second-order valence-electron chi connectivity index (χ2n) is 6.22. The van der Waals surface area contributed by atoms with E-state index < -0.39 is 11.8 Å². The number of rotatable bonds is 8. The molecule has 0 unspecified atom stereocenters. The largest absolute Gasteiger partial charge is 0.493 e. The van der Waals surface area contributed by atoms with Gasteiger partial charge >= 0.3 is 0 Å². The Morgan fingerprint density at radius 3 is 2.14 bits per heavy atom. The van der Waals surface area contributed by atoms with Gasteiger partial charge in [-0.2, -0.15) is 0 Å². The Morgan fingerprint density at radius 1 is 0.931 bits per heavy atom. The summed E-state index contributed by atoms with van der Waals surface area (Å²) >= 11 is 3.35. The number of carbonyl (C=O) groups excluding carboxylic acids is 3. The first-order valence-electron chi connectivity index (χ1n) is 9.37. The lowest BCUT2D eigenvalue weighted by atomic mass is 10.2. The zero-order chi connectivity index (χ0) is 21.2. The van der Waals surface area contributed by atoms with Crippen molar-refractivity contribution in [2.75, 3.05) is 11.9 Å². The van der Waals surface area contributed by atoms with Gasteiger partial charge in [0.25, 0.3) is 11.8 Å². The molecule has 0 aromatic heterocycles. The van der Waals surface area contributed by atoms with E-state index in [4.69, 9.17) is 4.74 Å². The normalized spacial score (nSPS) is 10.2. The zero-order valence-corrected chi connectivity index (χ0v) is 18.0. The van der Waals surface area contributed by atoms with Crippen LogP contribution in [0.1, 0.15) is 53.8 Å². The van der Waals surface area contributed by atoms with Crippen LogP contribution in [0, 0.1) is 0 Å². The quantitative estimate of drug-likeness (QED) is 0.516. The van der Waals surface area contributed by atoms with Crippen LogP contribution in [0.25, 0.3) is 0 Å². The molecule has 0 saturated carbocycles. The standard InChI is InChI=1S/C21H24BrN3O4/c1-3-5-6-19(26)23-16-10-7-14(8-11-16)20(27)24-25-21(28)15-9-12-18(29-4-2)17(22)13-15/h7-13H,3-6H2,1-2H3,(H,23,26)(H,24,27)(H,25,28). The van der Waals surface area contributed by atoms with Gasteiger partial charge < -0.3 is 10.1 Å². The molecule has 2 rings (SSSR count). The molecule has 0 bridgehead atoms. The van der Waals surface area contributed by atoms with Crippen molar-refractivity contribution < 1.29 is 19.1 Å². The van der Waals surface area contributed by atoms with Crippen LogP contribution in [0.3, 0.4) is 0 Å². The minimum absolute atomic E-state index is 0.0576. The van der Waals surface area contributed by atoms with Crippen molar-refractivity contribution in [3.05, 3.63) is 58.1 Å². The number of nitrogens with one attached hydrogen (secondary N) is 3. The lowest BCUT2D eigenvalue weighted by Crippen LogP contribution is -2.41. The van der Waals surface area contributed by atoms with Gasteiger partial charge in [-0.05, 0) is 71.7 Å². The summed E-state index contributed by atoms with van der Waals surface area (Å²) in [6, 6.07) is 11.3. The minimum atomic E-state index is -0.466. The Bertz CT molecular complexity index is 869. The fourth-order valence-corrected chi connectivity index (χ4v) is 2.93. The maximum Gasteiger partial charge on any atom is 0.269 e. The molecule has 0 atom stereocenters. The van der Waals surface area contributed by atoms with Crippen LogP contribution in [0.4, 0.5) is 5.69 Å². The van der Waals surface area contributed by atoms with Gasteiger partial charge in [-0.15, -0.1) is 0 Å².